The van der Waals surface area contributed by atoms with Crippen LogP contribution in [-0.2, 0) is 0 Å². The van der Waals surface area contributed by atoms with Crippen LogP contribution in [0.3, 0.4) is 0 Å². The van der Waals surface area contributed by atoms with E-state index in [9.17, 15) is 0 Å². The molecule has 0 aromatic heterocycles. The van der Waals surface area contributed by atoms with Crippen molar-refractivity contribution in [3.8, 4) is 0 Å². The lowest BCUT2D eigenvalue weighted by Gasteiger charge is -2.12. The van der Waals surface area contributed by atoms with Gasteiger partial charge >= 0.3 is 0 Å². The van der Waals surface area contributed by atoms with Gasteiger partial charge in [-0.1, -0.05) is 48.5 Å². The maximum atomic E-state index is 5.29. The van der Waals surface area contributed by atoms with Gasteiger partial charge in [0.15, 0.2) is 0 Å². The van der Waals surface area contributed by atoms with E-state index in [-0.39, 0.29) is 12.4 Å². The van der Waals surface area contributed by atoms with Crippen molar-refractivity contribution in [2.75, 3.05) is 21.1 Å². The Morgan fingerprint density at radius 2 is 0.938 bits per heavy atom. The Balaban J connectivity index is 0.000000330. The molecule has 2 aromatic carbocycles. The molecule has 16 heavy (non-hydrogen) atoms. The third kappa shape index (κ3) is 6.40. The van der Waals surface area contributed by atoms with E-state index in [1.165, 1.54) is 10.8 Å². The van der Waals surface area contributed by atoms with Crippen LogP contribution < -0.4 is 5.84 Å². The van der Waals surface area contributed by atoms with E-state index >= 15 is 0 Å². The fourth-order valence-corrected chi connectivity index (χ4v) is 1.13. The molecule has 2 nitrogen and oxygen atoms in total. The average molecular weight is 240 g/mol. The highest BCUT2D eigenvalue weighted by atomic mass is 35.5. The van der Waals surface area contributed by atoms with Gasteiger partial charge < -0.3 is 0 Å². The average Bonchev–Trinajstić information content (AvgIpc) is 2.16. The molecule has 0 aliphatic heterocycles. The van der Waals surface area contributed by atoms with Gasteiger partial charge in [0.25, 0.3) is 0 Å². The minimum Gasteiger partial charge on any atom is -0.255 e. The summed E-state index contributed by atoms with van der Waals surface area (Å²) in [4.78, 5) is 0. The van der Waals surface area contributed by atoms with Crippen molar-refractivity contribution in [1.29, 1.82) is 0 Å². The molecule has 0 radical (unpaired) electrons. The van der Waals surface area contributed by atoms with Crippen LogP contribution in [0.15, 0.2) is 48.5 Å². The summed E-state index contributed by atoms with van der Waals surface area (Å²) in [7, 11) is 5.71. The molecule has 0 fully saturated rings. The molecule has 2 rings (SSSR count). The minimum absolute atomic E-state index is 0. The SMILES string of the molecule is C[N+](C)(C)N.Cl.c1ccc2ccccc2c1. The van der Waals surface area contributed by atoms with Crippen LogP contribution >= 0.6 is 12.4 Å². The molecule has 0 saturated heterocycles. The van der Waals surface area contributed by atoms with Gasteiger partial charge in [0, 0.05) is 0 Å². The molecule has 0 amide bonds. The van der Waals surface area contributed by atoms with Crippen molar-refractivity contribution in [2.24, 2.45) is 5.84 Å². The van der Waals surface area contributed by atoms with E-state index in [2.05, 4.69) is 48.5 Å². The minimum atomic E-state index is 0. The smallest absolute Gasteiger partial charge is 0.0851 e. The first-order chi connectivity index (χ1) is 6.97. The summed E-state index contributed by atoms with van der Waals surface area (Å²) in [5, 5.41) is 2.62. The number of nitrogens with two attached hydrogens (primary N) is 1. The summed E-state index contributed by atoms with van der Waals surface area (Å²) < 4.78 is 0.500. The van der Waals surface area contributed by atoms with Gasteiger partial charge in [0.1, 0.15) is 0 Å². The molecule has 88 valence electrons. The van der Waals surface area contributed by atoms with Crippen LogP contribution in [-0.4, -0.2) is 25.7 Å². The number of quaternary nitrogens is 1. The molecule has 0 aliphatic carbocycles. The summed E-state index contributed by atoms with van der Waals surface area (Å²) in [5.41, 5.74) is 0. The topological polar surface area (TPSA) is 26.0 Å². The number of benzene rings is 2. The lowest BCUT2D eigenvalue weighted by atomic mass is 10.1. The normalized spacial score (nSPS) is 10.0. The number of hydrogen-bond acceptors (Lipinski definition) is 1. The molecule has 2 aromatic rings. The summed E-state index contributed by atoms with van der Waals surface area (Å²) >= 11 is 0. The first-order valence-corrected chi connectivity index (χ1v) is 5.00. The second-order valence-corrected chi connectivity index (χ2v) is 4.46. The highest BCUT2D eigenvalue weighted by Gasteiger charge is 1.89. The van der Waals surface area contributed by atoms with E-state index in [1.54, 1.807) is 0 Å². The van der Waals surface area contributed by atoms with E-state index in [1.807, 2.05) is 21.1 Å². The molecule has 0 bridgehead atoms. The van der Waals surface area contributed by atoms with Crippen LogP contribution in [0.5, 0.6) is 0 Å². The zero-order valence-corrected chi connectivity index (χ0v) is 10.9. The van der Waals surface area contributed by atoms with Gasteiger partial charge in [0.05, 0.1) is 21.1 Å². The van der Waals surface area contributed by atoms with Gasteiger partial charge in [-0.2, -0.15) is 5.84 Å². The second-order valence-electron chi connectivity index (χ2n) is 4.46. The number of fused-ring (bicyclic) bond motifs is 1. The Morgan fingerprint density at radius 1 is 0.750 bits per heavy atom. The molecule has 0 saturated carbocycles. The summed E-state index contributed by atoms with van der Waals surface area (Å²) in [6.07, 6.45) is 0. The standard InChI is InChI=1S/C10H8.C3H11N2.ClH/c1-2-6-10-8-4-3-7-9(10)5-1;1-5(2,3)4;/h1-8H;4H2,1-3H3;1H/q;+1;. The molecule has 3 heteroatoms. The third-order valence-electron chi connectivity index (χ3n) is 1.66. The van der Waals surface area contributed by atoms with Crippen molar-refractivity contribution in [2.45, 2.75) is 0 Å². The second kappa shape index (κ2) is 6.48. The molecule has 0 unspecified atom stereocenters. The van der Waals surface area contributed by atoms with Crippen molar-refractivity contribution < 1.29 is 4.59 Å². The molecule has 2 N–H and O–H groups in total. The number of nitrogens with zero attached hydrogens (tertiary/aromatic N) is 1. The van der Waals surface area contributed by atoms with Crippen LogP contribution in [0.25, 0.3) is 10.8 Å². The van der Waals surface area contributed by atoms with Gasteiger partial charge in [-0.15, -0.1) is 12.4 Å². The van der Waals surface area contributed by atoms with E-state index < -0.39 is 0 Å². The molecular weight excluding hydrogens is 220 g/mol. The van der Waals surface area contributed by atoms with E-state index in [4.69, 9.17) is 5.84 Å². The highest BCUT2D eigenvalue weighted by molar-refractivity contribution is 5.85. The fraction of sp³-hybridized carbons (Fsp3) is 0.231. The van der Waals surface area contributed by atoms with Gasteiger partial charge in [0.2, 0.25) is 0 Å². The zero-order valence-electron chi connectivity index (χ0n) is 10.1. The molecule has 0 aliphatic rings. The Kier molecular flexibility index (Phi) is 6.04. The molecular formula is C13H20ClN2+. The predicted octanol–water partition coefficient (Wildman–Crippen LogP) is 2.83. The van der Waals surface area contributed by atoms with Crippen LogP contribution in [0.4, 0.5) is 0 Å². The van der Waals surface area contributed by atoms with Gasteiger partial charge in [-0.25, -0.2) is 0 Å². The van der Waals surface area contributed by atoms with Crippen LogP contribution in [0.2, 0.25) is 0 Å². The highest BCUT2D eigenvalue weighted by Crippen LogP contribution is 2.11. The Hall–Kier alpha value is -1.09. The first-order valence-electron chi connectivity index (χ1n) is 5.00. The molecule has 0 atom stereocenters. The largest absolute Gasteiger partial charge is 0.255 e. The maximum Gasteiger partial charge on any atom is 0.0851 e. The Morgan fingerprint density at radius 3 is 1.12 bits per heavy atom. The number of hydrogen-bond donors (Lipinski definition) is 1. The maximum absolute atomic E-state index is 5.29. The van der Waals surface area contributed by atoms with E-state index in [0.717, 1.165) is 0 Å². The monoisotopic (exact) mass is 239 g/mol. The number of halogens is 1. The summed E-state index contributed by atoms with van der Waals surface area (Å²) in [6.45, 7) is 0. The predicted molar refractivity (Wildman–Crippen MR) is 73.4 cm³/mol. The van der Waals surface area contributed by atoms with Crippen molar-refractivity contribution >= 4 is 23.2 Å². The van der Waals surface area contributed by atoms with Crippen molar-refractivity contribution in [3.05, 3.63) is 48.5 Å². The number of rotatable bonds is 0. The van der Waals surface area contributed by atoms with Crippen LogP contribution in [0.1, 0.15) is 0 Å². The molecule has 0 heterocycles. The van der Waals surface area contributed by atoms with Gasteiger partial charge in [-0.3, -0.25) is 4.59 Å². The lowest BCUT2D eigenvalue weighted by Crippen LogP contribution is -2.41. The quantitative estimate of drug-likeness (QED) is 0.427. The lowest BCUT2D eigenvalue weighted by molar-refractivity contribution is -0.882. The Bertz CT molecular complexity index is 350. The van der Waals surface area contributed by atoms with Gasteiger partial charge in [-0.05, 0) is 10.8 Å². The Labute approximate surface area is 104 Å². The fourth-order valence-electron chi connectivity index (χ4n) is 1.13. The summed E-state index contributed by atoms with van der Waals surface area (Å²) in [6, 6.07) is 16.7. The van der Waals surface area contributed by atoms with Crippen molar-refractivity contribution in [1.82, 2.24) is 0 Å². The summed E-state index contributed by atoms with van der Waals surface area (Å²) in [5.74, 6) is 5.29. The molecule has 0 spiro atoms. The third-order valence-corrected chi connectivity index (χ3v) is 1.66. The van der Waals surface area contributed by atoms with Crippen LogP contribution in [0, 0.1) is 0 Å². The zero-order chi connectivity index (χ0) is 11.3. The first kappa shape index (κ1) is 14.9. The van der Waals surface area contributed by atoms with E-state index in [0.29, 0.717) is 4.59 Å². The van der Waals surface area contributed by atoms with Crippen molar-refractivity contribution in [3.63, 3.8) is 0 Å².